The van der Waals surface area contributed by atoms with Crippen molar-refractivity contribution < 1.29 is 15.3 Å². The average molecular weight is 228 g/mol. The van der Waals surface area contributed by atoms with Gasteiger partial charge in [0.25, 0.3) is 0 Å². The summed E-state index contributed by atoms with van der Waals surface area (Å²) in [5.74, 6) is -0.00942. The van der Waals surface area contributed by atoms with Gasteiger partial charge in [-0.1, -0.05) is 30.3 Å². The van der Waals surface area contributed by atoms with E-state index in [-0.39, 0.29) is 17.3 Å². The first kappa shape index (κ1) is 11.1. The molecule has 0 aliphatic rings. The quantitative estimate of drug-likeness (QED) is 0.546. The lowest BCUT2D eigenvalue weighted by Gasteiger charge is -2.02. The van der Waals surface area contributed by atoms with Crippen LogP contribution in [-0.2, 0) is 0 Å². The molecule has 3 N–H and O–H groups in total. The summed E-state index contributed by atoms with van der Waals surface area (Å²) in [6.45, 7) is 0. The minimum Gasteiger partial charge on any atom is -0.508 e. The number of benzene rings is 2. The Labute approximate surface area is 98.9 Å². The van der Waals surface area contributed by atoms with Gasteiger partial charge in [-0.25, -0.2) is 0 Å². The summed E-state index contributed by atoms with van der Waals surface area (Å²) in [6, 6.07) is 13.2. The summed E-state index contributed by atoms with van der Waals surface area (Å²) < 4.78 is 0. The van der Waals surface area contributed by atoms with Gasteiger partial charge in [-0.05, 0) is 23.8 Å². The van der Waals surface area contributed by atoms with E-state index in [0.717, 1.165) is 0 Å². The first-order valence-corrected chi connectivity index (χ1v) is 5.14. The van der Waals surface area contributed by atoms with Crippen LogP contribution in [0.4, 0.5) is 0 Å². The molecule has 0 heterocycles. The third-order valence-electron chi connectivity index (χ3n) is 2.30. The van der Waals surface area contributed by atoms with E-state index in [4.69, 9.17) is 0 Å². The number of aliphatic hydroxyl groups is 1. The normalized spacial score (nSPS) is 11.4. The predicted octanol–water partition coefficient (Wildman–Crippen LogP) is 3.15. The van der Waals surface area contributed by atoms with Gasteiger partial charge in [0, 0.05) is 11.6 Å². The highest BCUT2D eigenvalue weighted by Gasteiger charge is 2.00. The highest BCUT2D eigenvalue weighted by molar-refractivity contribution is 5.77. The molecule has 0 fully saturated rings. The molecule has 0 saturated carbocycles. The van der Waals surface area contributed by atoms with E-state index >= 15 is 0 Å². The van der Waals surface area contributed by atoms with Gasteiger partial charge in [0.1, 0.15) is 17.3 Å². The fourth-order valence-electron chi connectivity index (χ4n) is 1.55. The third kappa shape index (κ3) is 2.78. The molecule has 2 aromatic rings. The van der Waals surface area contributed by atoms with Crippen molar-refractivity contribution in [3.63, 3.8) is 0 Å². The zero-order chi connectivity index (χ0) is 12.3. The van der Waals surface area contributed by atoms with Crippen LogP contribution >= 0.6 is 0 Å². The standard InChI is InChI=1S/C14H12O3/c15-12-6-10(7-13(16)9-12)8-14(17)11-4-2-1-3-5-11/h1-9,15-17H/b14-8+. The number of hydrogen-bond acceptors (Lipinski definition) is 3. The van der Waals surface area contributed by atoms with Crippen molar-refractivity contribution in [1.82, 2.24) is 0 Å². The molecule has 0 radical (unpaired) electrons. The molecule has 0 amide bonds. The Morgan fingerprint density at radius 1 is 0.882 bits per heavy atom. The Hall–Kier alpha value is -2.42. The van der Waals surface area contributed by atoms with Crippen LogP contribution < -0.4 is 0 Å². The van der Waals surface area contributed by atoms with Crippen LogP contribution in [0.2, 0.25) is 0 Å². The second kappa shape index (κ2) is 4.61. The van der Waals surface area contributed by atoms with E-state index in [1.165, 1.54) is 24.3 Å². The zero-order valence-corrected chi connectivity index (χ0v) is 9.04. The van der Waals surface area contributed by atoms with Crippen molar-refractivity contribution in [3.05, 3.63) is 59.7 Å². The first-order chi connectivity index (χ1) is 8.15. The number of aromatic hydroxyl groups is 2. The number of phenolic OH excluding ortho intramolecular Hbond substituents is 2. The molecule has 0 unspecified atom stereocenters. The van der Waals surface area contributed by atoms with Crippen molar-refractivity contribution in [2.45, 2.75) is 0 Å². The highest BCUT2D eigenvalue weighted by atomic mass is 16.3. The van der Waals surface area contributed by atoms with Gasteiger partial charge in [0.05, 0.1) is 0 Å². The van der Waals surface area contributed by atoms with Gasteiger partial charge in [-0.15, -0.1) is 0 Å². The Kier molecular flexibility index (Phi) is 3.01. The lowest BCUT2D eigenvalue weighted by molar-refractivity contribution is 0.450. The molecule has 0 bridgehead atoms. The second-order valence-corrected chi connectivity index (χ2v) is 3.68. The lowest BCUT2D eigenvalue weighted by atomic mass is 10.1. The number of phenols is 2. The maximum Gasteiger partial charge on any atom is 0.123 e. The van der Waals surface area contributed by atoms with E-state index in [0.29, 0.717) is 11.1 Å². The highest BCUT2D eigenvalue weighted by Crippen LogP contribution is 2.23. The topological polar surface area (TPSA) is 60.7 Å². The second-order valence-electron chi connectivity index (χ2n) is 3.68. The molecule has 17 heavy (non-hydrogen) atoms. The predicted molar refractivity (Wildman–Crippen MR) is 66.7 cm³/mol. The third-order valence-corrected chi connectivity index (χ3v) is 2.30. The van der Waals surface area contributed by atoms with Crippen molar-refractivity contribution >= 4 is 11.8 Å². The number of hydrogen-bond donors (Lipinski definition) is 3. The van der Waals surface area contributed by atoms with Crippen LogP contribution in [0.3, 0.4) is 0 Å². The fraction of sp³-hybridized carbons (Fsp3) is 0. The van der Waals surface area contributed by atoms with Crippen LogP contribution in [0.25, 0.3) is 11.8 Å². The largest absolute Gasteiger partial charge is 0.508 e. The van der Waals surface area contributed by atoms with Crippen molar-refractivity contribution in [1.29, 1.82) is 0 Å². The summed E-state index contributed by atoms with van der Waals surface area (Å²) in [5, 5.41) is 28.5. The van der Waals surface area contributed by atoms with Crippen LogP contribution in [0.1, 0.15) is 11.1 Å². The molecule has 3 heteroatoms. The summed E-state index contributed by atoms with van der Waals surface area (Å²) in [5.41, 5.74) is 1.21. The van der Waals surface area contributed by atoms with Gasteiger partial charge >= 0.3 is 0 Å². The minimum atomic E-state index is -0.0443. The van der Waals surface area contributed by atoms with E-state index in [2.05, 4.69) is 0 Å². The van der Waals surface area contributed by atoms with Crippen molar-refractivity contribution in [3.8, 4) is 11.5 Å². The molecule has 0 aromatic heterocycles. The number of rotatable bonds is 2. The lowest BCUT2D eigenvalue weighted by Crippen LogP contribution is -1.82. The van der Waals surface area contributed by atoms with E-state index in [9.17, 15) is 15.3 Å². The molecule has 0 aliphatic heterocycles. The fourth-order valence-corrected chi connectivity index (χ4v) is 1.55. The molecule has 2 rings (SSSR count). The van der Waals surface area contributed by atoms with Crippen LogP contribution in [0, 0.1) is 0 Å². The minimum absolute atomic E-state index is 0.0443. The van der Waals surface area contributed by atoms with E-state index in [1.54, 1.807) is 12.1 Å². The molecular weight excluding hydrogens is 216 g/mol. The summed E-state index contributed by atoms with van der Waals surface area (Å²) in [4.78, 5) is 0. The van der Waals surface area contributed by atoms with Gasteiger partial charge in [-0.3, -0.25) is 0 Å². The molecule has 3 nitrogen and oxygen atoms in total. The first-order valence-electron chi connectivity index (χ1n) is 5.14. The van der Waals surface area contributed by atoms with Crippen molar-refractivity contribution in [2.75, 3.05) is 0 Å². The molecule has 0 atom stereocenters. The Bertz CT molecular complexity index is 524. The molecule has 2 aromatic carbocycles. The summed E-state index contributed by atoms with van der Waals surface area (Å²) in [7, 11) is 0. The average Bonchev–Trinajstić information content (AvgIpc) is 2.28. The Morgan fingerprint density at radius 2 is 1.47 bits per heavy atom. The Balaban J connectivity index is 2.36. The maximum atomic E-state index is 9.85. The molecule has 0 spiro atoms. The molecule has 86 valence electrons. The molecule has 0 saturated heterocycles. The zero-order valence-electron chi connectivity index (χ0n) is 9.04. The molecule has 0 aliphatic carbocycles. The van der Waals surface area contributed by atoms with E-state index < -0.39 is 0 Å². The van der Waals surface area contributed by atoms with Crippen LogP contribution in [-0.4, -0.2) is 15.3 Å². The SMILES string of the molecule is O/C(=C/c1cc(O)cc(O)c1)c1ccccc1. The maximum absolute atomic E-state index is 9.85. The number of aliphatic hydroxyl groups excluding tert-OH is 1. The monoisotopic (exact) mass is 228 g/mol. The van der Waals surface area contributed by atoms with Gasteiger partial charge in [0.15, 0.2) is 0 Å². The van der Waals surface area contributed by atoms with Crippen LogP contribution in [0.15, 0.2) is 48.5 Å². The Morgan fingerprint density at radius 3 is 2.06 bits per heavy atom. The smallest absolute Gasteiger partial charge is 0.123 e. The molecular formula is C14H12O3. The van der Waals surface area contributed by atoms with Gasteiger partial charge in [0.2, 0.25) is 0 Å². The van der Waals surface area contributed by atoms with Crippen LogP contribution in [0.5, 0.6) is 11.5 Å². The van der Waals surface area contributed by atoms with Gasteiger partial charge < -0.3 is 15.3 Å². The van der Waals surface area contributed by atoms with Crippen molar-refractivity contribution in [2.24, 2.45) is 0 Å². The summed E-state index contributed by atoms with van der Waals surface area (Å²) >= 11 is 0. The van der Waals surface area contributed by atoms with Gasteiger partial charge in [-0.2, -0.15) is 0 Å². The summed E-state index contributed by atoms with van der Waals surface area (Å²) in [6.07, 6.45) is 1.48. The van der Waals surface area contributed by atoms with E-state index in [1.807, 2.05) is 18.2 Å².